The topological polar surface area (TPSA) is 95.0 Å². The van der Waals surface area contributed by atoms with Gasteiger partial charge in [-0.2, -0.15) is 0 Å². The highest BCUT2D eigenvalue weighted by atomic mass is 16.2. The number of benzene rings is 1. The number of anilines is 1. The van der Waals surface area contributed by atoms with E-state index in [0.29, 0.717) is 0 Å². The summed E-state index contributed by atoms with van der Waals surface area (Å²) in [4.78, 5) is 41.0. The van der Waals surface area contributed by atoms with Gasteiger partial charge in [0.05, 0.1) is 26.1 Å². The highest BCUT2D eigenvalue weighted by Crippen LogP contribution is 2.24. The van der Waals surface area contributed by atoms with E-state index in [1.165, 1.54) is 13.0 Å². The highest BCUT2D eigenvalue weighted by Gasteiger charge is 2.30. The minimum Gasteiger partial charge on any atom is -0.398 e. The van der Waals surface area contributed by atoms with Gasteiger partial charge in [-0.25, -0.2) is 4.98 Å². The number of carbonyl (C=O) groups is 2. The third-order valence-corrected chi connectivity index (χ3v) is 3.52. The number of hydrogen-bond donors (Lipinski definition) is 1. The average molecular weight is 289 g/mol. The van der Waals surface area contributed by atoms with Gasteiger partial charge in [0.1, 0.15) is 11.6 Å². The van der Waals surface area contributed by atoms with Gasteiger partial charge in [-0.15, -0.1) is 0 Å². The molecule has 0 spiro atoms. The fraction of sp³-hybridized carbons (Fsp3) is 0.333. The zero-order valence-electron chi connectivity index (χ0n) is 15.3. The van der Waals surface area contributed by atoms with E-state index < -0.39 is 42.4 Å². The maximum Gasteiger partial charge on any atom is 0.264 e. The summed E-state index contributed by atoms with van der Waals surface area (Å²) in [5, 5.41) is -0.0862. The molecule has 1 aromatic carbocycles. The van der Waals surface area contributed by atoms with Crippen molar-refractivity contribution in [3.05, 3.63) is 34.3 Å². The molecule has 1 fully saturated rings. The van der Waals surface area contributed by atoms with Crippen molar-refractivity contribution in [2.45, 2.75) is 32.2 Å². The predicted molar refractivity (Wildman–Crippen MR) is 78.1 cm³/mol. The lowest BCUT2D eigenvalue weighted by Crippen LogP contribution is -2.36. The van der Waals surface area contributed by atoms with E-state index in [1.807, 2.05) is 0 Å². The number of aromatic nitrogens is 2. The molecule has 1 atom stereocenters. The number of aryl methyl sites for hydroxylation is 1. The zero-order valence-corrected chi connectivity index (χ0v) is 11.3. The molecule has 1 aliphatic rings. The Balaban J connectivity index is 2.29. The van der Waals surface area contributed by atoms with Gasteiger partial charge in [-0.05, 0) is 25.5 Å². The Morgan fingerprint density at radius 2 is 2.24 bits per heavy atom. The molecule has 6 nitrogen and oxygen atoms in total. The third kappa shape index (κ3) is 2.12. The summed E-state index contributed by atoms with van der Waals surface area (Å²) in [5.74, 6) is -1.22. The smallest absolute Gasteiger partial charge is 0.264 e. The molecule has 1 aromatic heterocycles. The van der Waals surface area contributed by atoms with Gasteiger partial charge in [0.15, 0.2) is 5.78 Å². The Labute approximate surface area is 126 Å². The van der Waals surface area contributed by atoms with Crippen LogP contribution in [0.3, 0.4) is 0 Å². The molecule has 0 radical (unpaired) electrons. The monoisotopic (exact) mass is 289 g/mol. The summed E-state index contributed by atoms with van der Waals surface area (Å²) in [6.07, 6.45) is -3.26. The van der Waals surface area contributed by atoms with Crippen molar-refractivity contribution in [2.24, 2.45) is 0 Å². The lowest BCUT2D eigenvalue weighted by atomic mass is 9.92. The molecule has 108 valence electrons. The molecule has 2 aromatic rings. The molecule has 0 saturated heterocycles. The van der Waals surface area contributed by atoms with Crippen LogP contribution in [0.1, 0.15) is 36.6 Å². The van der Waals surface area contributed by atoms with Crippen molar-refractivity contribution in [2.75, 3.05) is 5.73 Å². The summed E-state index contributed by atoms with van der Waals surface area (Å²) in [7, 11) is 0. The standard InChI is InChI=1S/C15H15N3O3/c1-8-17-11-4-2-3-10(16)14(11)15(21)18(8)12-6-5-9(19)7-13(12)20/h2-4,12H,5-7,16H2,1H3/i2D,3D,5D2. The second-order valence-electron chi connectivity index (χ2n) is 4.88. The molecule has 6 heteroatoms. The van der Waals surface area contributed by atoms with Crippen molar-refractivity contribution in [3.63, 3.8) is 0 Å². The zero-order chi connectivity index (χ0) is 18.7. The molecule has 0 amide bonds. The average Bonchev–Trinajstić information content (AvgIpc) is 2.49. The molecule has 21 heavy (non-hydrogen) atoms. The van der Waals surface area contributed by atoms with E-state index in [9.17, 15) is 14.4 Å². The number of nitrogens with two attached hydrogens (primary N) is 1. The Hall–Kier alpha value is -2.50. The fourth-order valence-electron chi connectivity index (χ4n) is 2.53. The molecule has 0 aliphatic heterocycles. The van der Waals surface area contributed by atoms with Crippen LogP contribution in [0.2, 0.25) is 0 Å². The van der Waals surface area contributed by atoms with Crippen LogP contribution in [0.5, 0.6) is 0 Å². The number of rotatable bonds is 1. The number of fused-ring (bicyclic) bond motifs is 1. The van der Waals surface area contributed by atoms with Crippen molar-refractivity contribution >= 4 is 28.2 Å². The SMILES string of the molecule is [2H]c1cc2nc(C)n(C3CC([2H])([2H])C(=O)CC3=O)c(=O)c2c(N)c1[2H]. The van der Waals surface area contributed by atoms with Gasteiger partial charge in [0.25, 0.3) is 5.56 Å². The summed E-state index contributed by atoms with van der Waals surface area (Å²) < 4.78 is 32.0. The van der Waals surface area contributed by atoms with Crippen LogP contribution in [0.25, 0.3) is 10.9 Å². The first-order valence-electron chi connectivity index (χ1n) is 8.39. The van der Waals surface area contributed by atoms with E-state index in [0.717, 1.165) is 4.57 Å². The molecule has 1 aliphatic carbocycles. The first kappa shape index (κ1) is 9.44. The van der Waals surface area contributed by atoms with Gasteiger partial charge in [-0.1, -0.05) is 6.04 Å². The molecule has 1 unspecified atom stereocenters. The van der Waals surface area contributed by atoms with Gasteiger partial charge >= 0.3 is 0 Å². The minimum atomic E-state index is -2.21. The van der Waals surface area contributed by atoms with E-state index in [2.05, 4.69) is 4.98 Å². The van der Waals surface area contributed by atoms with Gasteiger partial charge in [0.2, 0.25) is 0 Å². The lowest BCUT2D eigenvalue weighted by molar-refractivity contribution is -0.132. The second kappa shape index (κ2) is 4.80. The molecular formula is C15H15N3O3. The molecule has 2 N–H and O–H groups in total. The van der Waals surface area contributed by atoms with Crippen LogP contribution in [-0.2, 0) is 9.59 Å². The first-order chi connectivity index (χ1) is 11.5. The van der Waals surface area contributed by atoms with Crippen LogP contribution in [0.15, 0.2) is 22.9 Å². The maximum atomic E-state index is 12.9. The van der Waals surface area contributed by atoms with Gasteiger partial charge in [0, 0.05) is 14.8 Å². The van der Waals surface area contributed by atoms with E-state index in [1.54, 1.807) is 0 Å². The quantitative estimate of drug-likeness (QED) is 0.627. The van der Waals surface area contributed by atoms with Crippen LogP contribution in [-0.4, -0.2) is 21.1 Å². The maximum absolute atomic E-state index is 12.9. The Bertz CT molecular complexity index is 1000. The fourth-order valence-corrected chi connectivity index (χ4v) is 2.53. The number of hydrogen-bond acceptors (Lipinski definition) is 5. The van der Waals surface area contributed by atoms with Crippen molar-refractivity contribution in [1.29, 1.82) is 0 Å². The summed E-state index contributed by atoms with van der Waals surface area (Å²) in [6, 6.07) is -0.411. The molecular weight excluding hydrogens is 270 g/mol. The predicted octanol–water partition coefficient (Wildman–Crippen LogP) is 1.15. The summed E-state index contributed by atoms with van der Waals surface area (Å²) >= 11 is 0. The molecule has 1 saturated carbocycles. The van der Waals surface area contributed by atoms with Crippen molar-refractivity contribution < 1.29 is 15.1 Å². The Morgan fingerprint density at radius 3 is 3.00 bits per heavy atom. The Morgan fingerprint density at radius 1 is 1.48 bits per heavy atom. The largest absolute Gasteiger partial charge is 0.398 e. The number of nitrogens with zero attached hydrogens (tertiary/aromatic N) is 2. The lowest BCUT2D eigenvalue weighted by Gasteiger charge is -2.24. The number of nitrogen functional groups attached to an aromatic ring is 1. The molecule has 1 heterocycles. The van der Waals surface area contributed by atoms with E-state index in [4.69, 9.17) is 11.2 Å². The van der Waals surface area contributed by atoms with Crippen LogP contribution in [0.4, 0.5) is 5.69 Å². The summed E-state index contributed by atoms with van der Waals surface area (Å²) in [6.45, 7) is 1.48. The number of Topliss-reactive ketones (excluding diaryl/α,β-unsaturated/α-hetero) is 2. The van der Waals surface area contributed by atoms with Crippen molar-refractivity contribution in [1.82, 2.24) is 9.55 Å². The normalized spacial score (nSPS) is 24.3. The van der Waals surface area contributed by atoms with Crippen LogP contribution in [0, 0.1) is 6.92 Å². The van der Waals surface area contributed by atoms with Crippen LogP contribution >= 0.6 is 0 Å². The minimum absolute atomic E-state index is 0.0862. The highest BCUT2D eigenvalue weighted by molar-refractivity contribution is 6.03. The molecule has 3 rings (SSSR count). The van der Waals surface area contributed by atoms with Crippen molar-refractivity contribution in [3.8, 4) is 0 Å². The second-order valence-corrected chi connectivity index (χ2v) is 4.88. The number of carbonyl (C=O) groups excluding carboxylic acids is 2. The van der Waals surface area contributed by atoms with Crippen LogP contribution < -0.4 is 11.3 Å². The van der Waals surface area contributed by atoms with Gasteiger partial charge in [-0.3, -0.25) is 19.0 Å². The Kier molecular flexibility index (Phi) is 2.16. The number of ketones is 2. The van der Waals surface area contributed by atoms with Gasteiger partial charge < -0.3 is 5.73 Å². The molecule has 0 bridgehead atoms. The van der Waals surface area contributed by atoms with E-state index >= 15 is 0 Å². The summed E-state index contributed by atoms with van der Waals surface area (Å²) in [5.41, 5.74) is 5.05. The third-order valence-electron chi connectivity index (χ3n) is 3.52. The first-order valence-corrected chi connectivity index (χ1v) is 6.39. The van der Waals surface area contributed by atoms with E-state index in [-0.39, 0.29) is 34.5 Å².